The number of carbonyl (C=O) groups excluding carboxylic acids is 1. The van der Waals surface area contributed by atoms with Crippen molar-refractivity contribution in [1.82, 2.24) is 4.90 Å². The van der Waals surface area contributed by atoms with E-state index >= 15 is 0 Å². The van der Waals surface area contributed by atoms with E-state index in [4.69, 9.17) is 0 Å². The van der Waals surface area contributed by atoms with Gasteiger partial charge in [0.15, 0.2) is 0 Å². The Morgan fingerprint density at radius 3 is 2.57 bits per heavy atom. The maximum atomic E-state index is 13.0. The molecule has 0 spiro atoms. The van der Waals surface area contributed by atoms with E-state index in [0.29, 0.717) is 0 Å². The minimum atomic E-state index is 0.167. The molecular formula is C19H17NO. The molecule has 21 heavy (non-hydrogen) atoms. The van der Waals surface area contributed by atoms with Gasteiger partial charge in [0.05, 0.1) is 6.04 Å². The standard InChI is InChI=1S/C19H17NO/c21-19-17(14-7-2-1-3-8-14)13-15-9-4-5-10-16(15)18-11-6-12-20(18)19/h1-5,7-10,13,18H,6,11-12H2. The number of hydrogen-bond donors (Lipinski definition) is 0. The van der Waals surface area contributed by atoms with Gasteiger partial charge in [-0.3, -0.25) is 4.79 Å². The zero-order chi connectivity index (χ0) is 14.2. The molecule has 2 heterocycles. The quantitative estimate of drug-likeness (QED) is 0.773. The van der Waals surface area contributed by atoms with Crippen LogP contribution in [0, 0.1) is 0 Å². The minimum absolute atomic E-state index is 0.167. The summed E-state index contributed by atoms with van der Waals surface area (Å²) in [6.07, 6.45) is 4.22. The minimum Gasteiger partial charge on any atom is -0.332 e. The maximum absolute atomic E-state index is 13.0. The van der Waals surface area contributed by atoms with Crippen LogP contribution in [0.15, 0.2) is 54.6 Å². The summed E-state index contributed by atoms with van der Waals surface area (Å²) in [6.45, 7) is 0.863. The fraction of sp³-hybridized carbons (Fsp3) is 0.211. The molecule has 2 aliphatic heterocycles. The maximum Gasteiger partial charge on any atom is 0.254 e. The topological polar surface area (TPSA) is 20.3 Å². The second-order valence-corrected chi connectivity index (χ2v) is 5.71. The van der Waals surface area contributed by atoms with Crippen LogP contribution >= 0.6 is 0 Å². The number of amides is 1. The van der Waals surface area contributed by atoms with Crippen LogP contribution in [0.1, 0.15) is 35.6 Å². The first-order valence-corrected chi connectivity index (χ1v) is 7.51. The predicted octanol–water partition coefficient (Wildman–Crippen LogP) is 3.90. The van der Waals surface area contributed by atoms with Gasteiger partial charge in [-0.1, -0.05) is 54.6 Å². The average Bonchev–Trinajstić information content (AvgIpc) is 2.98. The Hall–Kier alpha value is -2.35. The monoisotopic (exact) mass is 275 g/mol. The summed E-state index contributed by atoms with van der Waals surface area (Å²) in [4.78, 5) is 15.0. The highest BCUT2D eigenvalue weighted by molar-refractivity contribution is 6.24. The Labute approximate surface area is 124 Å². The molecule has 104 valence electrons. The summed E-state index contributed by atoms with van der Waals surface area (Å²) in [5.74, 6) is 0.167. The van der Waals surface area contributed by atoms with Crippen LogP contribution in [0.4, 0.5) is 0 Å². The van der Waals surface area contributed by atoms with Crippen LogP contribution < -0.4 is 0 Å². The molecule has 2 aromatic rings. The number of hydrogen-bond acceptors (Lipinski definition) is 1. The average molecular weight is 275 g/mol. The first-order valence-electron chi connectivity index (χ1n) is 7.51. The summed E-state index contributed by atoms with van der Waals surface area (Å²) in [5.41, 5.74) is 4.28. The van der Waals surface area contributed by atoms with Gasteiger partial charge in [0.1, 0.15) is 0 Å². The van der Waals surface area contributed by atoms with E-state index in [-0.39, 0.29) is 11.9 Å². The van der Waals surface area contributed by atoms with Crippen molar-refractivity contribution in [3.63, 3.8) is 0 Å². The molecule has 0 bridgehead atoms. The molecular weight excluding hydrogens is 258 g/mol. The Kier molecular flexibility index (Phi) is 2.88. The van der Waals surface area contributed by atoms with Gasteiger partial charge in [-0.05, 0) is 35.6 Å². The molecule has 1 saturated heterocycles. The zero-order valence-electron chi connectivity index (χ0n) is 11.8. The van der Waals surface area contributed by atoms with Gasteiger partial charge in [0.2, 0.25) is 0 Å². The van der Waals surface area contributed by atoms with Crippen molar-refractivity contribution in [2.75, 3.05) is 6.54 Å². The van der Waals surface area contributed by atoms with E-state index < -0.39 is 0 Å². The van der Waals surface area contributed by atoms with Crippen LogP contribution in [0.5, 0.6) is 0 Å². The van der Waals surface area contributed by atoms with Crippen LogP contribution in [0.2, 0.25) is 0 Å². The third-order valence-electron chi connectivity index (χ3n) is 4.48. The highest BCUT2D eigenvalue weighted by atomic mass is 16.2. The lowest BCUT2D eigenvalue weighted by molar-refractivity contribution is -0.125. The van der Waals surface area contributed by atoms with Crippen molar-refractivity contribution in [1.29, 1.82) is 0 Å². The van der Waals surface area contributed by atoms with Crippen LogP contribution in [0.25, 0.3) is 11.6 Å². The molecule has 0 aromatic heterocycles. The van der Waals surface area contributed by atoms with E-state index in [0.717, 1.165) is 30.5 Å². The first kappa shape index (κ1) is 12.4. The third-order valence-corrected chi connectivity index (χ3v) is 4.48. The normalized spacial score (nSPS) is 20.6. The number of fused-ring (bicyclic) bond motifs is 3. The second-order valence-electron chi connectivity index (χ2n) is 5.71. The summed E-state index contributed by atoms with van der Waals surface area (Å²) in [5, 5.41) is 0. The smallest absolute Gasteiger partial charge is 0.254 e. The molecule has 0 aliphatic carbocycles. The van der Waals surface area contributed by atoms with E-state index in [1.807, 2.05) is 41.3 Å². The van der Waals surface area contributed by atoms with Gasteiger partial charge in [0.25, 0.3) is 5.91 Å². The van der Waals surface area contributed by atoms with Crippen molar-refractivity contribution in [3.05, 3.63) is 71.3 Å². The lowest BCUT2D eigenvalue weighted by atomic mass is 9.97. The molecule has 1 amide bonds. The van der Waals surface area contributed by atoms with Crippen LogP contribution in [-0.4, -0.2) is 17.4 Å². The van der Waals surface area contributed by atoms with Crippen molar-refractivity contribution in [2.24, 2.45) is 0 Å². The third kappa shape index (κ3) is 1.99. The Morgan fingerprint density at radius 1 is 0.952 bits per heavy atom. The predicted molar refractivity (Wildman–Crippen MR) is 84.4 cm³/mol. The van der Waals surface area contributed by atoms with Gasteiger partial charge in [0, 0.05) is 12.1 Å². The molecule has 0 saturated carbocycles. The largest absolute Gasteiger partial charge is 0.332 e. The van der Waals surface area contributed by atoms with Crippen molar-refractivity contribution in [2.45, 2.75) is 18.9 Å². The summed E-state index contributed by atoms with van der Waals surface area (Å²) in [7, 11) is 0. The molecule has 1 atom stereocenters. The molecule has 4 rings (SSSR count). The van der Waals surface area contributed by atoms with Gasteiger partial charge >= 0.3 is 0 Å². The summed E-state index contributed by atoms with van der Waals surface area (Å²) < 4.78 is 0. The second kappa shape index (κ2) is 4.88. The highest BCUT2D eigenvalue weighted by Gasteiger charge is 2.35. The Morgan fingerprint density at radius 2 is 1.71 bits per heavy atom. The Bertz CT molecular complexity index is 717. The van der Waals surface area contributed by atoms with Gasteiger partial charge in [-0.2, -0.15) is 0 Å². The van der Waals surface area contributed by atoms with Gasteiger partial charge in [-0.25, -0.2) is 0 Å². The zero-order valence-corrected chi connectivity index (χ0v) is 11.8. The van der Waals surface area contributed by atoms with E-state index in [1.54, 1.807) is 0 Å². The van der Waals surface area contributed by atoms with Crippen LogP contribution in [0.3, 0.4) is 0 Å². The highest BCUT2D eigenvalue weighted by Crippen LogP contribution is 2.39. The SMILES string of the molecule is O=C1C(c2ccccc2)=Cc2ccccc2C2CCCN12. The van der Waals surface area contributed by atoms with E-state index in [2.05, 4.69) is 24.3 Å². The molecule has 0 N–H and O–H groups in total. The van der Waals surface area contributed by atoms with Crippen LogP contribution in [-0.2, 0) is 4.79 Å². The molecule has 2 aliphatic rings. The fourth-order valence-corrected chi connectivity index (χ4v) is 3.48. The molecule has 1 unspecified atom stereocenters. The molecule has 2 heteroatoms. The molecule has 1 fully saturated rings. The lowest BCUT2D eigenvalue weighted by Crippen LogP contribution is -2.30. The first-order chi connectivity index (χ1) is 10.3. The Balaban J connectivity index is 1.91. The number of carbonyl (C=O) groups is 1. The van der Waals surface area contributed by atoms with Gasteiger partial charge in [-0.15, -0.1) is 0 Å². The molecule has 0 radical (unpaired) electrons. The summed E-state index contributed by atoms with van der Waals surface area (Å²) in [6, 6.07) is 18.6. The number of nitrogens with zero attached hydrogens (tertiary/aromatic N) is 1. The number of benzene rings is 2. The van der Waals surface area contributed by atoms with E-state index in [9.17, 15) is 4.79 Å². The van der Waals surface area contributed by atoms with Crippen molar-refractivity contribution >= 4 is 17.6 Å². The van der Waals surface area contributed by atoms with E-state index in [1.165, 1.54) is 11.1 Å². The number of rotatable bonds is 1. The molecule has 2 nitrogen and oxygen atoms in total. The molecule has 2 aromatic carbocycles. The fourth-order valence-electron chi connectivity index (χ4n) is 3.48. The van der Waals surface area contributed by atoms with Gasteiger partial charge < -0.3 is 4.90 Å². The van der Waals surface area contributed by atoms with Crippen molar-refractivity contribution in [3.8, 4) is 0 Å². The summed E-state index contributed by atoms with van der Waals surface area (Å²) >= 11 is 0. The van der Waals surface area contributed by atoms with Crippen molar-refractivity contribution < 1.29 is 4.79 Å². The lowest BCUT2D eigenvalue weighted by Gasteiger charge is -2.24.